The van der Waals surface area contributed by atoms with Gasteiger partial charge >= 0.3 is 0 Å². The lowest BCUT2D eigenvalue weighted by Gasteiger charge is -2.12. The van der Waals surface area contributed by atoms with E-state index in [1.54, 1.807) is 10.6 Å². The first-order chi connectivity index (χ1) is 5.38. The van der Waals surface area contributed by atoms with Gasteiger partial charge in [0.05, 0.1) is 12.7 Å². The zero-order valence-corrected chi connectivity index (χ0v) is 8.69. The number of nitrogens with one attached hydrogen (secondary N) is 1. The van der Waals surface area contributed by atoms with Gasteiger partial charge in [0, 0.05) is 12.5 Å². The lowest BCUT2D eigenvalue weighted by molar-refractivity contribution is -0.804. The van der Waals surface area contributed by atoms with Crippen molar-refractivity contribution in [3.8, 4) is 0 Å². The first-order valence-electron chi connectivity index (χ1n) is 4.62. The normalized spacial score (nSPS) is 20.5. The summed E-state index contributed by atoms with van der Waals surface area (Å²) >= 11 is 0. The summed E-state index contributed by atoms with van der Waals surface area (Å²) in [6.07, 6.45) is 10.5. The van der Waals surface area contributed by atoms with Gasteiger partial charge in [0.1, 0.15) is 5.70 Å². The molecule has 0 radical (unpaired) electrons. The van der Waals surface area contributed by atoms with E-state index >= 15 is 0 Å². The number of quaternary nitrogens is 1. The molecule has 0 aromatic rings. The van der Waals surface area contributed by atoms with Crippen LogP contribution in [-0.4, -0.2) is 6.54 Å². The van der Waals surface area contributed by atoms with Crippen molar-refractivity contribution in [3.05, 3.63) is 24.0 Å². The second kappa shape index (κ2) is 6.27. The van der Waals surface area contributed by atoms with Crippen molar-refractivity contribution in [2.75, 3.05) is 6.54 Å². The molecular formula is C10H18ClN. The monoisotopic (exact) mass is 187 g/mol. The van der Waals surface area contributed by atoms with Gasteiger partial charge in [-0.1, -0.05) is 13.8 Å². The van der Waals surface area contributed by atoms with Crippen LogP contribution in [0.5, 0.6) is 0 Å². The molecule has 1 N–H and O–H groups in total. The van der Waals surface area contributed by atoms with E-state index in [1.165, 1.54) is 25.8 Å². The minimum absolute atomic E-state index is 0. The molecule has 0 aromatic heterocycles. The molecule has 1 aliphatic rings. The molecule has 12 heavy (non-hydrogen) atoms. The van der Waals surface area contributed by atoms with Crippen LogP contribution in [0.3, 0.4) is 0 Å². The fourth-order valence-corrected chi connectivity index (χ4v) is 1.52. The Morgan fingerprint density at radius 2 is 2.00 bits per heavy atom. The van der Waals surface area contributed by atoms with Crippen molar-refractivity contribution < 1.29 is 17.3 Å². The third kappa shape index (κ3) is 3.00. The third-order valence-corrected chi connectivity index (χ3v) is 2.05. The molecule has 1 nitrogen and oxygen atoms in total. The van der Waals surface area contributed by atoms with Crippen molar-refractivity contribution in [1.29, 1.82) is 0 Å². The predicted octanol–water partition coefficient (Wildman–Crippen LogP) is -1.50. The average Bonchev–Trinajstić information content (AvgIpc) is 2.39. The van der Waals surface area contributed by atoms with E-state index in [1.807, 2.05) is 0 Å². The van der Waals surface area contributed by atoms with Crippen LogP contribution < -0.4 is 17.3 Å². The van der Waals surface area contributed by atoms with Crippen LogP contribution in [-0.2, 0) is 0 Å². The molecule has 0 fully saturated rings. The van der Waals surface area contributed by atoms with Gasteiger partial charge in [0.15, 0.2) is 0 Å². The third-order valence-electron chi connectivity index (χ3n) is 2.05. The smallest absolute Gasteiger partial charge is 0.112 e. The Morgan fingerprint density at radius 3 is 2.58 bits per heavy atom. The number of hydrogen-bond donors (Lipinski definition) is 1. The zero-order valence-electron chi connectivity index (χ0n) is 7.94. The minimum Gasteiger partial charge on any atom is -1.00 e. The molecule has 1 heterocycles. The lowest BCUT2D eigenvalue weighted by Crippen LogP contribution is -3.04. The van der Waals surface area contributed by atoms with Crippen LogP contribution in [0.2, 0.25) is 0 Å². The van der Waals surface area contributed by atoms with E-state index < -0.39 is 0 Å². The molecule has 1 atom stereocenters. The summed E-state index contributed by atoms with van der Waals surface area (Å²) in [6, 6.07) is 0. The molecule has 0 amide bonds. The summed E-state index contributed by atoms with van der Waals surface area (Å²) in [4.78, 5) is 1.56. The summed E-state index contributed by atoms with van der Waals surface area (Å²) in [7, 11) is 0. The van der Waals surface area contributed by atoms with Crippen LogP contribution >= 0.6 is 0 Å². The second-order valence-corrected chi connectivity index (χ2v) is 3.08. The molecular weight excluding hydrogens is 170 g/mol. The van der Waals surface area contributed by atoms with Gasteiger partial charge in [-0.2, -0.15) is 0 Å². The summed E-state index contributed by atoms with van der Waals surface area (Å²) in [5, 5.41) is 0. The van der Waals surface area contributed by atoms with Crippen LogP contribution in [0.25, 0.3) is 0 Å². The largest absolute Gasteiger partial charge is 1.00 e. The molecule has 0 spiro atoms. The Bertz CT molecular complexity index is 173. The molecule has 0 saturated heterocycles. The van der Waals surface area contributed by atoms with Crippen LogP contribution in [0, 0.1) is 0 Å². The van der Waals surface area contributed by atoms with E-state index in [4.69, 9.17) is 0 Å². The number of hydrogen-bond acceptors (Lipinski definition) is 0. The molecule has 1 rings (SSSR count). The highest BCUT2D eigenvalue weighted by atomic mass is 35.5. The van der Waals surface area contributed by atoms with Crippen molar-refractivity contribution in [2.24, 2.45) is 0 Å². The van der Waals surface area contributed by atoms with Gasteiger partial charge in [0.25, 0.3) is 0 Å². The quantitative estimate of drug-likeness (QED) is 0.547. The Morgan fingerprint density at radius 1 is 1.25 bits per heavy atom. The van der Waals surface area contributed by atoms with Crippen LogP contribution in [0.4, 0.5) is 0 Å². The summed E-state index contributed by atoms with van der Waals surface area (Å²) < 4.78 is 0. The maximum atomic E-state index is 2.26. The maximum Gasteiger partial charge on any atom is 0.112 e. The Kier molecular flexibility index (Phi) is 6.13. The molecule has 0 aliphatic carbocycles. The highest BCUT2D eigenvalue weighted by Gasteiger charge is 2.13. The van der Waals surface area contributed by atoms with Crippen molar-refractivity contribution in [3.63, 3.8) is 0 Å². The van der Waals surface area contributed by atoms with Crippen molar-refractivity contribution >= 4 is 0 Å². The number of halogens is 1. The van der Waals surface area contributed by atoms with Gasteiger partial charge in [-0.15, -0.1) is 0 Å². The molecule has 0 bridgehead atoms. The first kappa shape index (κ1) is 11.7. The van der Waals surface area contributed by atoms with Gasteiger partial charge in [0.2, 0.25) is 0 Å². The average molecular weight is 188 g/mol. The SMILES string of the molecule is CCCC1=CC=C[NH+]1CCC.[Cl-]. The van der Waals surface area contributed by atoms with Crippen LogP contribution in [0.1, 0.15) is 33.1 Å². The standard InChI is InChI=1S/C10H17N.ClH/c1-3-6-10-7-5-9-11(10)8-4-2;/h5,7,9H,3-4,6,8H2,1-2H3;1H. The van der Waals surface area contributed by atoms with E-state index in [0.717, 1.165) is 0 Å². The molecule has 1 aliphatic heterocycles. The lowest BCUT2D eigenvalue weighted by atomic mass is 10.2. The van der Waals surface area contributed by atoms with Gasteiger partial charge in [-0.05, 0) is 18.9 Å². The number of rotatable bonds is 4. The Balaban J connectivity index is 0.00000121. The summed E-state index contributed by atoms with van der Waals surface area (Å²) in [5.74, 6) is 0. The van der Waals surface area contributed by atoms with E-state index in [9.17, 15) is 0 Å². The fraction of sp³-hybridized carbons (Fsp3) is 0.600. The molecule has 1 unspecified atom stereocenters. The Hall–Kier alpha value is -0.270. The maximum absolute atomic E-state index is 2.26. The molecule has 0 saturated carbocycles. The highest BCUT2D eigenvalue weighted by Crippen LogP contribution is 2.00. The molecule has 70 valence electrons. The number of allylic oxidation sites excluding steroid dienone is 3. The Labute approximate surface area is 81.6 Å². The van der Waals surface area contributed by atoms with Crippen molar-refractivity contribution in [2.45, 2.75) is 33.1 Å². The summed E-state index contributed by atoms with van der Waals surface area (Å²) in [5.41, 5.74) is 1.56. The van der Waals surface area contributed by atoms with Gasteiger partial charge < -0.3 is 12.4 Å². The van der Waals surface area contributed by atoms with E-state index in [-0.39, 0.29) is 12.4 Å². The summed E-state index contributed by atoms with van der Waals surface area (Å²) in [6.45, 7) is 5.73. The van der Waals surface area contributed by atoms with Crippen LogP contribution in [0.15, 0.2) is 24.0 Å². The van der Waals surface area contributed by atoms with Crippen molar-refractivity contribution in [1.82, 2.24) is 0 Å². The first-order valence-corrected chi connectivity index (χ1v) is 4.62. The fourth-order valence-electron chi connectivity index (χ4n) is 1.52. The zero-order chi connectivity index (χ0) is 8.10. The predicted molar refractivity (Wildman–Crippen MR) is 48.3 cm³/mol. The second-order valence-electron chi connectivity index (χ2n) is 3.08. The van der Waals surface area contributed by atoms with E-state index in [2.05, 4.69) is 32.2 Å². The molecule has 2 heteroatoms. The van der Waals surface area contributed by atoms with Gasteiger partial charge in [-0.25, -0.2) is 0 Å². The van der Waals surface area contributed by atoms with E-state index in [0.29, 0.717) is 0 Å². The van der Waals surface area contributed by atoms with Gasteiger partial charge in [-0.3, -0.25) is 4.90 Å². The minimum atomic E-state index is 0. The highest BCUT2D eigenvalue weighted by molar-refractivity contribution is 5.10. The molecule has 0 aromatic carbocycles. The topological polar surface area (TPSA) is 4.44 Å².